The van der Waals surface area contributed by atoms with Gasteiger partial charge in [0.05, 0.1) is 11.9 Å². The fourth-order valence-corrected chi connectivity index (χ4v) is 2.80. The lowest BCUT2D eigenvalue weighted by atomic mass is 10.1. The summed E-state index contributed by atoms with van der Waals surface area (Å²) in [6.45, 7) is 3.51. The molecule has 0 aliphatic rings. The summed E-state index contributed by atoms with van der Waals surface area (Å²) in [5.41, 5.74) is 9.21. The van der Waals surface area contributed by atoms with Crippen molar-refractivity contribution in [2.45, 2.75) is 13.3 Å². The molecule has 27 heavy (non-hydrogen) atoms. The van der Waals surface area contributed by atoms with Crippen LogP contribution in [0.3, 0.4) is 0 Å². The summed E-state index contributed by atoms with van der Waals surface area (Å²) in [7, 11) is 0. The van der Waals surface area contributed by atoms with Gasteiger partial charge in [-0.2, -0.15) is 0 Å². The van der Waals surface area contributed by atoms with Crippen LogP contribution in [0.4, 0.5) is 0 Å². The summed E-state index contributed by atoms with van der Waals surface area (Å²) in [5.74, 6) is -0.148. The molecule has 1 heterocycles. The lowest BCUT2D eigenvalue weighted by Gasteiger charge is -2.20. The average molecular weight is 386 g/mol. The smallest absolute Gasteiger partial charge is 0.276 e. The fraction of sp³-hybridized carbons (Fsp3) is 0.250. The van der Waals surface area contributed by atoms with Crippen molar-refractivity contribution in [2.24, 2.45) is 5.73 Å². The highest BCUT2D eigenvalue weighted by molar-refractivity contribution is 5.92. The molecule has 0 atom stereocenters. The number of aryl methyl sites for hydroxylation is 1. The van der Waals surface area contributed by atoms with Crippen molar-refractivity contribution in [3.05, 3.63) is 77.6 Å². The number of rotatable bonds is 7. The zero-order valence-electron chi connectivity index (χ0n) is 15.3. The van der Waals surface area contributed by atoms with Crippen molar-refractivity contribution in [3.8, 4) is 5.69 Å². The van der Waals surface area contributed by atoms with Crippen molar-refractivity contribution in [2.75, 3.05) is 19.6 Å². The van der Waals surface area contributed by atoms with Gasteiger partial charge >= 0.3 is 0 Å². The number of carbonyl (C=O) groups is 1. The zero-order valence-corrected chi connectivity index (χ0v) is 16.1. The topological polar surface area (TPSA) is 77.0 Å². The quantitative estimate of drug-likeness (QED) is 0.678. The van der Waals surface area contributed by atoms with Gasteiger partial charge in [-0.05, 0) is 36.6 Å². The molecule has 0 saturated carbocycles. The standard InChI is InChI=1S/C20H23N5O.ClH/c1-16-6-5-9-18(14-16)25-15-19(22-23-25)20(26)24(13-11-21)12-10-17-7-3-2-4-8-17;/h2-9,14-15H,10-13,21H2,1H3;1H. The number of hydrogen-bond acceptors (Lipinski definition) is 4. The molecule has 0 aliphatic heterocycles. The van der Waals surface area contributed by atoms with Crippen LogP contribution in [-0.4, -0.2) is 45.4 Å². The molecule has 7 heteroatoms. The van der Waals surface area contributed by atoms with E-state index in [1.54, 1.807) is 15.8 Å². The summed E-state index contributed by atoms with van der Waals surface area (Å²) < 4.78 is 1.62. The van der Waals surface area contributed by atoms with E-state index in [1.807, 2.05) is 49.4 Å². The highest BCUT2D eigenvalue weighted by atomic mass is 35.5. The first kappa shape index (κ1) is 20.6. The Kier molecular flexibility index (Phi) is 7.52. The van der Waals surface area contributed by atoms with E-state index in [2.05, 4.69) is 22.4 Å². The molecule has 2 N–H and O–H groups in total. The maximum Gasteiger partial charge on any atom is 0.276 e. The van der Waals surface area contributed by atoms with Gasteiger partial charge in [0.2, 0.25) is 0 Å². The number of aromatic nitrogens is 3. The summed E-state index contributed by atoms with van der Waals surface area (Å²) in [6.07, 6.45) is 2.45. The van der Waals surface area contributed by atoms with Gasteiger partial charge in [0.15, 0.2) is 5.69 Å². The van der Waals surface area contributed by atoms with Crippen molar-refractivity contribution >= 4 is 18.3 Å². The molecule has 0 spiro atoms. The molecule has 0 radical (unpaired) electrons. The third-order valence-corrected chi connectivity index (χ3v) is 4.18. The summed E-state index contributed by atoms with van der Waals surface area (Å²) in [5, 5.41) is 8.16. The van der Waals surface area contributed by atoms with Gasteiger partial charge in [0.1, 0.15) is 0 Å². The van der Waals surface area contributed by atoms with Gasteiger partial charge in [-0.15, -0.1) is 17.5 Å². The number of carbonyl (C=O) groups excluding carboxylic acids is 1. The minimum Gasteiger partial charge on any atom is -0.336 e. The van der Waals surface area contributed by atoms with E-state index in [0.717, 1.165) is 17.7 Å². The molecule has 0 saturated heterocycles. The van der Waals surface area contributed by atoms with E-state index in [0.29, 0.717) is 25.3 Å². The first-order valence-corrected chi connectivity index (χ1v) is 8.70. The largest absolute Gasteiger partial charge is 0.336 e. The summed E-state index contributed by atoms with van der Waals surface area (Å²) >= 11 is 0. The number of nitrogens with zero attached hydrogens (tertiary/aromatic N) is 4. The van der Waals surface area contributed by atoms with Crippen molar-refractivity contribution in [1.82, 2.24) is 19.9 Å². The van der Waals surface area contributed by atoms with Crippen LogP contribution >= 0.6 is 12.4 Å². The van der Waals surface area contributed by atoms with Crippen LogP contribution in [0.1, 0.15) is 21.6 Å². The molecule has 1 aromatic heterocycles. The van der Waals surface area contributed by atoms with Crippen molar-refractivity contribution in [3.63, 3.8) is 0 Å². The molecule has 1 amide bonds. The maximum absolute atomic E-state index is 12.8. The van der Waals surface area contributed by atoms with Crippen LogP contribution in [0.5, 0.6) is 0 Å². The molecule has 2 aromatic carbocycles. The first-order valence-electron chi connectivity index (χ1n) is 8.70. The van der Waals surface area contributed by atoms with Gasteiger partial charge in [-0.25, -0.2) is 4.68 Å². The molecule has 0 fully saturated rings. The highest BCUT2D eigenvalue weighted by Crippen LogP contribution is 2.11. The zero-order chi connectivity index (χ0) is 18.4. The molecule has 0 aliphatic carbocycles. The van der Waals surface area contributed by atoms with Crippen molar-refractivity contribution < 1.29 is 4.79 Å². The molecule has 3 aromatic rings. The molecule has 0 bridgehead atoms. The molecule has 142 valence electrons. The fourth-order valence-electron chi connectivity index (χ4n) is 2.80. The van der Waals surface area contributed by atoms with Gasteiger partial charge in [0.25, 0.3) is 5.91 Å². The number of benzene rings is 2. The first-order chi connectivity index (χ1) is 12.7. The van der Waals surface area contributed by atoms with E-state index in [1.165, 1.54) is 5.56 Å². The Morgan fingerprint density at radius 1 is 1.11 bits per heavy atom. The van der Waals surface area contributed by atoms with Crippen molar-refractivity contribution in [1.29, 1.82) is 0 Å². The van der Waals surface area contributed by atoms with Gasteiger partial charge in [-0.1, -0.05) is 47.7 Å². The molecule has 6 nitrogen and oxygen atoms in total. The Labute approximate surface area is 165 Å². The van der Waals surface area contributed by atoms with E-state index < -0.39 is 0 Å². The van der Waals surface area contributed by atoms with Gasteiger partial charge < -0.3 is 10.6 Å². The van der Waals surface area contributed by atoms with E-state index in [-0.39, 0.29) is 18.3 Å². The van der Waals surface area contributed by atoms with Crippen LogP contribution in [0.25, 0.3) is 5.69 Å². The lowest BCUT2D eigenvalue weighted by Crippen LogP contribution is -2.37. The Bertz CT molecular complexity index is 866. The Morgan fingerprint density at radius 2 is 1.89 bits per heavy atom. The molecule has 3 rings (SSSR count). The second kappa shape index (κ2) is 9.85. The minimum atomic E-state index is -0.148. The predicted molar refractivity (Wildman–Crippen MR) is 108 cm³/mol. The number of hydrogen-bond donors (Lipinski definition) is 1. The minimum absolute atomic E-state index is 0. The van der Waals surface area contributed by atoms with Crippen LogP contribution < -0.4 is 5.73 Å². The van der Waals surface area contributed by atoms with Crippen LogP contribution in [0, 0.1) is 6.92 Å². The summed E-state index contributed by atoms with van der Waals surface area (Å²) in [6, 6.07) is 18.0. The second-order valence-electron chi connectivity index (χ2n) is 6.20. The van der Waals surface area contributed by atoms with Crippen LogP contribution in [0.15, 0.2) is 60.8 Å². The monoisotopic (exact) mass is 385 g/mol. The van der Waals surface area contributed by atoms with Gasteiger partial charge in [-0.3, -0.25) is 4.79 Å². The Balaban J connectivity index is 0.00000261. The number of halogens is 1. The Morgan fingerprint density at radius 3 is 2.59 bits per heavy atom. The SMILES string of the molecule is Cc1cccc(-n2cc(C(=O)N(CCN)CCc3ccccc3)nn2)c1.Cl. The number of amides is 1. The van der Waals surface area contributed by atoms with Gasteiger partial charge in [0, 0.05) is 19.6 Å². The molecular weight excluding hydrogens is 362 g/mol. The maximum atomic E-state index is 12.8. The molecule has 0 unspecified atom stereocenters. The van der Waals surface area contributed by atoms with Crippen LogP contribution in [0.2, 0.25) is 0 Å². The third kappa shape index (κ3) is 5.39. The van der Waals surface area contributed by atoms with E-state index >= 15 is 0 Å². The second-order valence-corrected chi connectivity index (χ2v) is 6.20. The number of nitrogens with two attached hydrogens (primary N) is 1. The highest BCUT2D eigenvalue weighted by Gasteiger charge is 2.19. The third-order valence-electron chi connectivity index (χ3n) is 4.18. The predicted octanol–water partition coefficient (Wildman–Crippen LogP) is 2.64. The van der Waals surface area contributed by atoms with E-state index in [9.17, 15) is 4.79 Å². The Hall–Kier alpha value is -2.70. The summed E-state index contributed by atoms with van der Waals surface area (Å²) in [4.78, 5) is 14.6. The van der Waals surface area contributed by atoms with E-state index in [4.69, 9.17) is 5.73 Å². The lowest BCUT2D eigenvalue weighted by molar-refractivity contribution is 0.0756. The normalized spacial score (nSPS) is 10.3. The molecular formula is C20H24ClN5O. The average Bonchev–Trinajstić information content (AvgIpc) is 3.16. The van der Waals surface area contributed by atoms with Crippen LogP contribution in [-0.2, 0) is 6.42 Å².